The molecule has 0 spiro atoms. The molecule has 180 valence electrons. The Hall–Kier alpha value is -4.16. The van der Waals surface area contributed by atoms with Crippen LogP contribution in [0.3, 0.4) is 0 Å². The summed E-state index contributed by atoms with van der Waals surface area (Å²) in [5, 5.41) is 9.10. The SMILES string of the molecule is COc1cc(C=O)ccc1OCC(=O)N1N=C(c2ccc3ccccc3c2)CC1c1ccc(Cl)cc1. The molecule has 36 heavy (non-hydrogen) atoms. The van der Waals surface area contributed by atoms with Gasteiger partial charge in [0, 0.05) is 17.0 Å². The van der Waals surface area contributed by atoms with Crippen LogP contribution < -0.4 is 9.47 Å². The molecule has 0 N–H and O–H groups in total. The van der Waals surface area contributed by atoms with Crippen LogP contribution in [0.1, 0.15) is 33.9 Å². The summed E-state index contributed by atoms with van der Waals surface area (Å²) in [6.07, 6.45) is 1.28. The third kappa shape index (κ3) is 4.81. The molecule has 0 saturated carbocycles. The number of rotatable bonds is 7. The maximum Gasteiger partial charge on any atom is 0.281 e. The number of carbonyl (C=O) groups is 2. The molecule has 0 radical (unpaired) electrons. The lowest BCUT2D eigenvalue weighted by molar-refractivity contribution is -0.135. The van der Waals surface area contributed by atoms with Crippen molar-refractivity contribution in [3.63, 3.8) is 0 Å². The zero-order valence-corrected chi connectivity index (χ0v) is 20.3. The number of hydrogen-bond acceptors (Lipinski definition) is 5. The number of halogens is 1. The molecule has 5 rings (SSSR count). The van der Waals surface area contributed by atoms with Crippen molar-refractivity contribution in [1.82, 2.24) is 5.01 Å². The summed E-state index contributed by atoms with van der Waals surface area (Å²) in [6, 6.07) is 26.3. The van der Waals surface area contributed by atoms with Crippen LogP contribution in [0.2, 0.25) is 5.02 Å². The van der Waals surface area contributed by atoms with Crippen LogP contribution in [0.5, 0.6) is 11.5 Å². The lowest BCUT2D eigenvalue weighted by atomic mass is 9.97. The van der Waals surface area contributed by atoms with Crippen molar-refractivity contribution in [3.05, 3.63) is 107 Å². The predicted molar refractivity (Wildman–Crippen MR) is 140 cm³/mol. The summed E-state index contributed by atoms with van der Waals surface area (Å²) in [7, 11) is 1.48. The topological polar surface area (TPSA) is 68.2 Å². The second kappa shape index (κ2) is 10.2. The first-order valence-corrected chi connectivity index (χ1v) is 11.8. The van der Waals surface area contributed by atoms with Crippen molar-refractivity contribution in [2.75, 3.05) is 13.7 Å². The van der Waals surface area contributed by atoms with Crippen LogP contribution >= 0.6 is 11.6 Å². The molecule has 1 heterocycles. The van der Waals surface area contributed by atoms with Gasteiger partial charge < -0.3 is 9.47 Å². The molecule has 0 fully saturated rings. The highest BCUT2D eigenvalue weighted by molar-refractivity contribution is 6.30. The molecule has 7 heteroatoms. The van der Waals surface area contributed by atoms with Crippen LogP contribution in [0, 0.1) is 0 Å². The molecular weight excluding hydrogens is 476 g/mol. The van der Waals surface area contributed by atoms with E-state index in [-0.39, 0.29) is 18.6 Å². The van der Waals surface area contributed by atoms with Crippen LogP contribution in [0.25, 0.3) is 10.8 Å². The average molecular weight is 499 g/mol. The van der Waals surface area contributed by atoms with Crippen molar-refractivity contribution in [3.8, 4) is 11.5 Å². The smallest absolute Gasteiger partial charge is 0.281 e. The first kappa shape index (κ1) is 23.6. The number of ether oxygens (including phenoxy) is 2. The third-order valence-corrected chi connectivity index (χ3v) is 6.43. The molecule has 6 nitrogen and oxygen atoms in total. The zero-order chi connectivity index (χ0) is 25.1. The fraction of sp³-hybridized carbons (Fsp3) is 0.138. The van der Waals surface area contributed by atoms with Crippen molar-refractivity contribution >= 4 is 40.3 Å². The number of nitrogens with zero attached hydrogens (tertiary/aromatic N) is 2. The summed E-state index contributed by atoms with van der Waals surface area (Å²) < 4.78 is 11.1. The lowest BCUT2D eigenvalue weighted by Crippen LogP contribution is -2.31. The number of hydrazone groups is 1. The van der Waals surface area contributed by atoms with Gasteiger partial charge in [-0.25, -0.2) is 5.01 Å². The monoisotopic (exact) mass is 498 g/mol. The number of aldehydes is 1. The van der Waals surface area contributed by atoms with E-state index in [9.17, 15) is 9.59 Å². The minimum Gasteiger partial charge on any atom is -0.493 e. The van der Waals surface area contributed by atoms with Crippen LogP contribution in [0.15, 0.2) is 90.0 Å². The first-order valence-electron chi connectivity index (χ1n) is 11.5. The number of benzene rings is 4. The van der Waals surface area contributed by atoms with E-state index < -0.39 is 0 Å². The number of methoxy groups -OCH3 is 1. The summed E-state index contributed by atoms with van der Waals surface area (Å²) in [5.74, 6) is 0.452. The fourth-order valence-corrected chi connectivity index (χ4v) is 4.44. The van der Waals surface area contributed by atoms with Crippen molar-refractivity contribution in [2.45, 2.75) is 12.5 Å². The normalized spacial score (nSPS) is 15.0. The van der Waals surface area contributed by atoms with Gasteiger partial charge in [0.2, 0.25) is 0 Å². The summed E-state index contributed by atoms with van der Waals surface area (Å²) >= 11 is 6.10. The first-order chi connectivity index (χ1) is 17.6. The minimum atomic E-state index is -0.299. The Morgan fingerprint density at radius 1 is 1.00 bits per heavy atom. The van der Waals surface area contributed by atoms with Gasteiger partial charge in [0.25, 0.3) is 5.91 Å². The van der Waals surface area contributed by atoms with Gasteiger partial charge in [-0.3, -0.25) is 9.59 Å². The minimum absolute atomic E-state index is 0.241. The van der Waals surface area contributed by atoms with E-state index in [2.05, 4.69) is 24.3 Å². The molecule has 0 aromatic heterocycles. The van der Waals surface area contributed by atoms with Gasteiger partial charge in [-0.1, -0.05) is 60.1 Å². The van der Waals surface area contributed by atoms with Crippen molar-refractivity contribution in [2.24, 2.45) is 5.10 Å². The van der Waals surface area contributed by atoms with Gasteiger partial charge in [0.05, 0.1) is 18.9 Å². The maximum absolute atomic E-state index is 13.4. The van der Waals surface area contributed by atoms with E-state index in [1.54, 1.807) is 18.2 Å². The lowest BCUT2D eigenvalue weighted by Gasteiger charge is -2.22. The Labute approximate surface area is 213 Å². The highest BCUT2D eigenvalue weighted by Gasteiger charge is 2.33. The predicted octanol–water partition coefficient (Wildman–Crippen LogP) is 6.07. The molecule has 1 amide bonds. The zero-order valence-electron chi connectivity index (χ0n) is 19.6. The average Bonchev–Trinajstić information content (AvgIpc) is 3.37. The van der Waals surface area contributed by atoms with Gasteiger partial charge in [-0.15, -0.1) is 0 Å². The Balaban J connectivity index is 1.43. The van der Waals surface area contributed by atoms with E-state index >= 15 is 0 Å². The highest BCUT2D eigenvalue weighted by Crippen LogP contribution is 2.34. The maximum atomic E-state index is 13.4. The van der Waals surface area contributed by atoms with E-state index in [1.165, 1.54) is 12.1 Å². The molecule has 1 aliphatic heterocycles. The Bertz CT molecular complexity index is 1470. The van der Waals surface area contributed by atoms with E-state index in [0.717, 1.165) is 33.9 Å². The largest absolute Gasteiger partial charge is 0.493 e. The third-order valence-electron chi connectivity index (χ3n) is 6.18. The number of carbonyl (C=O) groups excluding carboxylic acids is 2. The van der Waals surface area contributed by atoms with Crippen LogP contribution in [-0.4, -0.2) is 36.6 Å². The van der Waals surface area contributed by atoms with Gasteiger partial charge in [0.15, 0.2) is 18.1 Å². The van der Waals surface area contributed by atoms with E-state index in [0.29, 0.717) is 28.5 Å². The van der Waals surface area contributed by atoms with Crippen molar-refractivity contribution < 1.29 is 19.1 Å². The summed E-state index contributed by atoms with van der Waals surface area (Å²) in [6.45, 7) is -0.241. The van der Waals surface area contributed by atoms with E-state index in [4.69, 9.17) is 26.2 Å². The molecule has 0 bridgehead atoms. The fourth-order valence-electron chi connectivity index (χ4n) is 4.31. The Morgan fingerprint density at radius 2 is 1.78 bits per heavy atom. The van der Waals surface area contributed by atoms with Gasteiger partial charge in [0.1, 0.15) is 6.29 Å². The van der Waals surface area contributed by atoms with E-state index in [1.807, 2.05) is 42.5 Å². The van der Waals surface area contributed by atoms with Gasteiger partial charge in [-0.05, 0) is 58.3 Å². The standard InChI is InChI=1S/C29H23ClN2O4/c1-35-28-14-19(17-33)6-13-27(28)36-18-29(34)32-26(21-9-11-24(30)12-10-21)16-25(31-32)23-8-7-20-4-2-3-5-22(20)15-23/h2-15,17,26H,16,18H2,1H3. The molecule has 0 aliphatic carbocycles. The molecule has 4 aromatic carbocycles. The molecule has 1 atom stereocenters. The Morgan fingerprint density at radius 3 is 2.53 bits per heavy atom. The highest BCUT2D eigenvalue weighted by atomic mass is 35.5. The second-order valence-corrected chi connectivity index (χ2v) is 8.87. The van der Waals surface area contributed by atoms with Crippen LogP contribution in [-0.2, 0) is 4.79 Å². The quantitative estimate of drug-likeness (QED) is 0.290. The number of hydrogen-bond donors (Lipinski definition) is 0. The molecule has 0 saturated heterocycles. The molecule has 4 aromatic rings. The molecule has 1 unspecified atom stereocenters. The van der Waals surface area contributed by atoms with Gasteiger partial charge >= 0.3 is 0 Å². The van der Waals surface area contributed by atoms with Crippen LogP contribution in [0.4, 0.5) is 0 Å². The summed E-state index contributed by atoms with van der Waals surface area (Å²) in [4.78, 5) is 24.4. The molecule has 1 aliphatic rings. The number of fused-ring (bicyclic) bond motifs is 1. The van der Waals surface area contributed by atoms with Gasteiger partial charge in [-0.2, -0.15) is 5.10 Å². The molecular formula is C29H23ClN2O4. The summed E-state index contributed by atoms with van der Waals surface area (Å²) in [5.41, 5.74) is 3.18. The number of amides is 1. The van der Waals surface area contributed by atoms with Crippen molar-refractivity contribution in [1.29, 1.82) is 0 Å². The Kier molecular flexibility index (Phi) is 6.69. The second-order valence-electron chi connectivity index (χ2n) is 8.44.